The average Bonchev–Trinajstić information content (AvgIpc) is 3.02. The molecule has 0 saturated carbocycles. The zero-order valence-corrected chi connectivity index (χ0v) is 28.2. The maximum Gasteiger partial charge on any atom is 0.239 e. The highest BCUT2D eigenvalue weighted by Crippen LogP contribution is 2.29. The van der Waals surface area contributed by atoms with Crippen LogP contribution < -0.4 is 5.73 Å². The van der Waals surface area contributed by atoms with Crippen molar-refractivity contribution in [2.24, 2.45) is 11.7 Å². The van der Waals surface area contributed by atoms with Gasteiger partial charge in [-0.1, -0.05) is 61.0 Å². The second-order valence-corrected chi connectivity index (χ2v) is 13.2. The Balaban J connectivity index is 0.00000423. The van der Waals surface area contributed by atoms with Crippen molar-refractivity contribution in [3.8, 4) is 11.1 Å². The summed E-state index contributed by atoms with van der Waals surface area (Å²) in [6.07, 6.45) is 2.81. The van der Waals surface area contributed by atoms with Crippen LogP contribution in [0.5, 0.6) is 0 Å². The zero-order valence-electron chi connectivity index (χ0n) is 24.9. The number of rotatable bonds is 10. The third kappa shape index (κ3) is 9.05. The summed E-state index contributed by atoms with van der Waals surface area (Å²) in [5.74, 6) is 1.02. The lowest BCUT2D eigenvalue weighted by Gasteiger charge is -2.39. The quantitative estimate of drug-likeness (QED) is 0.239. The molecule has 3 aromatic rings. The van der Waals surface area contributed by atoms with Crippen molar-refractivity contribution in [2.45, 2.75) is 43.7 Å². The molecule has 0 radical (unpaired) electrons. The molecule has 1 amide bonds. The van der Waals surface area contributed by atoms with E-state index in [2.05, 4.69) is 53.1 Å². The number of thioether (sulfide) groups is 1. The van der Waals surface area contributed by atoms with Crippen molar-refractivity contribution in [1.82, 2.24) is 14.7 Å². The molecule has 2 aliphatic heterocycles. The number of halogens is 3. The van der Waals surface area contributed by atoms with E-state index in [1.165, 1.54) is 16.7 Å². The molecule has 0 bridgehead atoms. The molecule has 3 aromatic carbocycles. The van der Waals surface area contributed by atoms with Crippen molar-refractivity contribution >= 4 is 46.3 Å². The minimum atomic E-state index is -0.444. The van der Waals surface area contributed by atoms with Crippen molar-refractivity contribution in [3.63, 3.8) is 0 Å². The van der Waals surface area contributed by atoms with Crippen molar-refractivity contribution in [1.29, 1.82) is 0 Å². The molecule has 2 N–H and O–H groups in total. The standard InChI is InChI=1S/C34H42ClFN4OS.BrH/c1-2-42-32-23-30(36)10-8-28(32)24-39-18-20-40(21-19-39)34(41)33(37)26-12-15-38(16-13-26)17-14-27-22-29(35)9-11-31(27)25-6-4-3-5-7-25;/h3-11,22-23,26,33H,2,12-21,24,37H2,1H3;1H/t33-;/m1./s1. The van der Waals surface area contributed by atoms with Crippen LogP contribution in [-0.4, -0.2) is 78.2 Å². The van der Waals surface area contributed by atoms with Crippen LogP contribution in [0.25, 0.3) is 11.1 Å². The van der Waals surface area contributed by atoms with E-state index in [0.29, 0.717) is 13.1 Å². The highest BCUT2D eigenvalue weighted by Gasteiger charge is 2.32. The number of piperazine rings is 1. The first kappa shape index (κ1) is 33.9. The van der Waals surface area contributed by atoms with Crippen LogP contribution in [0.3, 0.4) is 0 Å². The van der Waals surface area contributed by atoms with Crippen LogP contribution in [0.2, 0.25) is 5.02 Å². The molecule has 43 heavy (non-hydrogen) atoms. The van der Waals surface area contributed by atoms with E-state index in [-0.39, 0.29) is 34.6 Å². The first-order valence-electron chi connectivity index (χ1n) is 15.2. The molecule has 5 rings (SSSR count). The minimum Gasteiger partial charge on any atom is -0.339 e. The maximum absolute atomic E-state index is 13.7. The topological polar surface area (TPSA) is 52.8 Å². The molecule has 1 atom stereocenters. The number of benzene rings is 3. The third-order valence-electron chi connectivity index (χ3n) is 8.68. The van der Waals surface area contributed by atoms with Crippen LogP contribution in [0.1, 0.15) is 30.9 Å². The van der Waals surface area contributed by atoms with Crippen molar-refractivity contribution in [3.05, 3.63) is 88.7 Å². The molecule has 2 heterocycles. The van der Waals surface area contributed by atoms with Gasteiger partial charge in [-0.05, 0) is 90.5 Å². The minimum absolute atomic E-state index is 0. The van der Waals surface area contributed by atoms with Crippen LogP contribution in [0.15, 0.2) is 71.6 Å². The van der Waals surface area contributed by atoms with Gasteiger partial charge >= 0.3 is 0 Å². The van der Waals surface area contributed by atoms with Crippen LogP contribution in [0, 0.1) is 11.7 Å². The smallest absolute Gasteiger partial charge is 0.239 e. The average molecular weight is 690 g/mol. The van der Waals surface area contributed by atoms with Crippen LogP contribution in [0.4, 0.5) is 4.39 Å². The van der Waals surface area contributed by atoms with E-state index < -0.39 is 6.04 Å². The fraction of sp³-hybridized carbons (Fsp3) is 0.441. The molecule has 2 saturated heterocycles. The molecule has 0 aromatic heterocycles. The van der Waals surface area contributed by atoms with Crippen molar-refractivity contribution in [2.75, 3.05) is 51.6 Å². The number of nitrogens with two attached hydrogens (primary N) is 1. The summed E-state index contributed by atoms with van der Waals surface area (Å²) in [4.78, 5) is 21.1. The fourth-order valence-corrected chi connectivity index (χ4v) is 7.23. The molecule has 5 nitrogen and oxygen atoms in total. The van der Waals surface area contributed by atoms with Crippen molar-refractivity contribution < 1.29 is 9.18 Å². The molecular weight excluding hydrogens is 647 g/mol. The molecule has 2 aliphatic rings. The van der Waals surface area contributed by atoms with E-state index in [9.17, 15) is 9.18 Å². The van der Waals surface area contributed by atoms with Gasteiger partial charge in [-0.15, -0.1) is 28.7 Å². The summed E-state index contributed by atoms with van der Waals surface area (Å²) in [6.45, 7) is 8.71. The van der Waals surface area contributed by atoms with E-state index in [4.69, 9.17) is 17.3 Å². The molecule has 2 fully saturated rings. The zero-order chi connectivity index (χ0) is 29.5. The number of amides is 1. The maximum atomic E-state index is 13.7. The summed E-state index contributed by atoms with van der Waals surface area (Å²) in [7, 11) is 0. The highest BCUT2D eigenvalue weighted by atomic mass is 79.9. The number of carbonyl (C=O) groups excluding carboxylic acids is 1. The first-order valence-corrected chi connectivity index (χ1v) is 16.5. The largest absolute Gasteiger partial charge is 0.339 e. The number of nitrogens with zero attached hydrogens (tertiary/aromatic N) is 3. The Morgan fingerprint density at radius 1 is 0.953 bits per heavy atom. The lowest BCUT2D eigenvalue weighted by Crippen LogP contribution is -2.55. The van der Waals surface area contributed by atoms with Gasteiger partial charge in [-0.2, -0.15) is 0 Å². The van der Waals surface area contributed by atoms with Crippen LogP contribution in [-0.2, 0) is 17.8 Å². The Bertz CT molecular complexity index is 1330. The van der Waals surface area contributed by atoms with E-state index >= 15 is 0 Å². The van der Waals surface area contributed by atoms with Gasteiger partial charge in [-0.25, -0.2) is 4.39 Å². The van der Waals surface area contributed by atoms with E-state index in [1.807, 2.05) is 23.1 Å². The monoisotopic (exact) mass is 688 g/mol. The lowest BCUT2D eigenvalue weighted by atomic mass is 9.88. The van der Waals surface area contributed by atoms with Gasteiger partial charge in [0, 0.05) is 49.2 Å². The van der Waals surface area contributed by atoms with Gasteiger partial charge in [0.15, 0.2) is 0 Å². The number of likely N-dealkylation sites (tertiary alicyclic amines) is 1. The third-order valence-corrected chi connectivity index (χ3v) is 9.90. The molecule has 0 spiro atoms. The first-order chi connectivity index (χ1) is 20.4. The van der Waals surface area contributed by atoms with Crippen LogP contribution >= 0.6 is 40.3 Å². The van der Waals surface area contributed by atoms with Gasteiger partial charge in [0.05, 0.1) is 6.04 Å². The predicted octanol–water partition coefficient (Wildman–Crippen LogP) is 6.76. The van der Waals surface area contributed by atoms with E-state index in [1.54, 1.807) is 23.9 Å². The Hall–Kier alpha value is -1.94. The molecule has 0 unspecified atom stereocenters. The van der Waals surface area contributed by atoms with Gasteiger partial charge in [-0.3, -0.25) is 9.69 Å². The molecular formula is C34H43BrClFN4OS. The highest BCUT2D eigenvalue weighted by molar-refractivity contribution is 8.93. The Labute approximate surface area is 275 Å². The Morgan fingerprint density at radius 2 is 1.67 bits per heavy atom. The van der Waals surface area contributed by atoms with Gasteiger partial charge in [0.2, 0.25) is 5.91 Å². The number of hydrogen-bond donors (Lipinski definition) is 1. The normalized spacial score (nSPS) is 17.4. The summed E-state index contributed by atoms with van der Waals surface area (Å²) in [5.41, 5.74) is 11.4. The summed E-state index contributed by atoms with van der Waals surface area (Å²) >= 11 is 8.04. The Morgan fingerprint density at radius 3 is 2.37 bits per heavy atom. The van der Waals surface area contributed by atoms with E-state index in [0.717, 1.165) is 79.8 Å². The predicted molar refractivity (Wildman–Crippen MR) is 183 cm³/mol. The second-order valence-electron chi connectivity index (χ2n) is 11.4. The lowest BCUT2D eigenvalue weighted by molar-refractivity contribution is -0.136. The molecule has 0 aliphatic carbocycles. The number of hydrogen-bond acceptors (Lipinski definition) is 5. The molecule has 232 valence electrons. The number of carbonyl (C=O) groups is 1. The summed E-state index contributed by atoms with van der Waals surface area (Å²) in [6, 6.07) is 21.3. The second kappa shape index (κ2) is 16.4. The number of piperidine rings is 1. The SMILES string of the molecule is Br.CCSc1cc(F)ccc1CN1CCN(C(=O)[C@H](N)C2CCN(CCc3cc(Cl)ccc3-c3ccccc3)CC2)CC1. The molecule has 9 heteroatoms. The summed E-state index contributed by atoms with van der Waals surface area (Å²) in [5, 5.41) is 0.768. The fourth-order valence-electron chi connectivity index (χ4n) is 6.21. The van der Waals surface area contributed by atoms with Gasteiger partial charge < -0.3 is 15.5 Å². The summed E-state index contributed by atoms with van der Waals surface area (Å²) < 4.78 is 13.7. The Kier molecular flexibility index (Phi) is 12.9. The van der Waals surface area contributed by atoms with Gasteiger partial charge in [0.25, 0.3) is 0 Å². The van der Waals surface area contributed by atoms with Gasteiger partial charge in [0.1, 0.15) is 5.82 Å².